The number of allylic oxidation sites excluding steroid dienone is 9. The number of esters is 2. The van der Waals surface area contributed by atoms with Gasteiger partial charge in [0.1, 0.15) is 19.8 Å². The average Bonchev–Trinajstić information content (AvgIpc) is 2.82. The molecule has 0 aromatic rings. The molecule has 0 aliphatic rings. The maximum atomic E-state index is 12.2. The number of carbonyl (C=O) groups excluding carboxylic acids is 2. The topological polar surface area (TPSA) is 108 Å². The number of quaternary nitrogens is 1. The van der Waals surface area contributed by atoms with Gasteiger partial charge in [-0.15, -0.1) is 0 Å². The third kappa shape index (κ3) is 25.4. The normalized spacial score (nSPS) is 15.2. The van der Waals surface area contributed by atoms with E-state index < -0.39 is 32.5 Å². The summed E-state index contributed by atoms with van der Waals surface area (Å²) in [5.41, 5.74) is 0. The van der Waals surface area contributed by atoms with Gasteiger partial charge in [-0.05, 0) is 32.1 Å². The molecular formula is C28H47NO8P+. The number of rotatable bonds is 21. The summed E-state index contributed by atoms with van der Waals surface area (Å²) in [5, 5.41) is 0. The summed E-state index contributed by atoms with van der Waals surface area (Å²) < 4.78 is 32.7. The van der Waals surface area contributed by atoms with Gasteiger partial charge in [0, 0.05) is 6.92 Å². The highest BCUT2D eigenvalue weighted by molar-refractivity contribution is 7.47. The zero-order valence-electron chi connectivity index (χ0n) is 23.6. The van der Waals surface area contributed by atoms with Gasteiger partial charge >= 0.3 is 19.8 Å². The van der Waals surface area contributed by atoms with Crippen molar-refractivity contribution >= 4 is 19.8 Å². The minimum atomic E-state index is -4.35. The summed E-state index contributed by atoms with van der Waals surface area (Å²) in [4.78, 5) is 33.2. The second-order valence-corrected chi connectivity index (χ2v) is 10.9. The Bertz CT molecular complexity index is 855. The number of nitrogens with zero attached hydrogens (tertiary/aromatic N) is 1. The molecular weight excluding hydrogens is 509 g/mol. The number of hydrogen-bond acceptors (Lipinski definition) is 7. The van der Waals surface area contributed by atoms with E-state index in [2.05, 4.69) is 49.5 Å². The molecule has 0 fully saturated rings. The predicted octanol–water partition coefficient (Wildman–Crippen LogP) is 5.44. The van der Waals surface area contributed by atoms with Crippen molar-refractivity contribution in [2.24, 2.45) is 0 Å². The molecule has 0 saturated heterocycles. The van der Waals surface area contributed by atoms with Crippen molar-refractivity contribution in [3.63, 3.8) is 0 Å². The van der Waals surface area contributed by atoms with Crippen LogP contribution in [0.25, 0.3) is 0 Å². The monoisotopic (exact) mass is 556 g/mol. The quantitative estimate of drug-likeness (QED) is 0.0862. The van der Waals surface area contributed by atoms with Crippen molar-refractivity contribution in [3.8, 4) is 0 Å². The van der Waals surface area contributed by atoms with Crippen molar-refractivity contribution in [1.29, 1.82) is 0 Å². The lowest BCUT2D eigenvalue weighted by Gasteiger charge is -2.24. The van der Waals surface area contributed by atoms with Crippen molar-refractivity contribution in [2.75, 3.05) is 47.5 Å². The Morgan fingerprint density at radius 3 is 1.79 bits per heavy atom. The first-order chi connectivity index (χ1) is 17.9. The lowest BCUT2D eigenvalue weighted by Crippen LogP contribution is -2.37. The fourth-order valence-electron chi connectivity index (χ4n) is 2.64. The number of ether oxygens (including phenoxy) is 2. The molecule has 0 bridgehead atoms. The van der Waals surface area contributed by atoms with Crippen LogP contribution in [0, 0.1) is 0 Å². The standard InChI is InChI=1S/C28H46NO8P/c1-6-7-8-9-10-11-12-13-14-15-16-17-18-19-20-21-28(31)37-27(24-34-26(2)30)25-36-38(32,33)35-23-22-29(3,4)5/h7-8,10-11,13-14,16-17,19-20,27H,6,9,12,15,18,21-25H2,1-5H3/p+1/b8-7-,11-10-,14-13-,17-16-,20-19-. The molecule has 0 saturated carbocycles. The van der Waals surface area contributed by atoms with Gasteiger partial charge in [-0.1, -0.05) is 67.7 Å². The van der Waals surface area contributed by atoms with Crippen molar-refractivity contribution in [2.45, 2.75) is 58.5 Å². The first-order valence-corrected chi connectivity index (χ1v) is 14.4. The molecule has 0 aliphatic heterocycles. The Morgan fingerprint density at radius 2 is 1.32 bits per heavy atom. The SMILES string of the molecule is CC/C=C\C/C=C\C/C=C\C/C=C\C/C=C\CC(=O)OC(COC(C)=O)COP(=O)(O)OCC[N+](C)(C)C. The Labute approximate surface area is 228 Å². The molecule has 9 nitrogen and oxygen atoms in total. The van der Waals surface area contributed by atoms with E-state index in [1.807, 2.05) is 33.3 Å². The number of carbonyl (C=O) groups is 2. The van der Waals surface area contributed by atoms with E-state index in [4.69, 9.17) is 18.5 Å². The van der Waals surface area contributed by atoms with Gasteiger partial charge in [0.15, 0.2) is 6.10 Å². The summed E-state index contributed by atoms with van der Waals surface area (Å²) in [7, 11) is 1.39. The Morgan fingerprint density at radius 1 is 0.816 bits per heavy atom. The second kappa shape index (κ2) is 21.6. The molecule has 0 aromatic heterocycles. The first kappa shape index (κ1) is 35.7. The van der Waals surface area contributed by atoms with Crippen LogP contribution >= 0.6 is 7.82 Å². The first-order valence-electron chi connectivity index (χ1n) is 13.0. The van der Waals surface area contributed by atoms with Crippen LogP contribution in [0.5, 0.6) is 0 Å². The Hall–Kier alpha value is -2.29. The Kier molecular flexibility index (Phi) is 20.3. The van der Waals surface area contributed by atoms with Gasteiger partial charge < -0.3 is 18.9 Å². The molecule has 0 aliphatic carbocycles. The maximum absolute atomic E-state index is 12.2. The lowest BCUT2D eigenvalue weighted by molar-refractivity contribution is -0.870. The van der Waals surface area contributed by atoms with Crippen LogP contribution in [0.15, 0.2) is 60.8 Å². The Balaban J connectivity index is 4.36. The number of hydrogen-bond donors (Lipinski definition) is 1. The van der Waals surface area contributed by atoms with Crippen LogP contribution in [-0.2, 0) is 32.7 Å². The zero-order valence-corrected chi connectivity index (χ0v) is 24.5. The smallest absolute Gasteiger partial charge is 0.462 e. The van der Waals surface area contributed by atoms with Crippen LogP contribution in [0.4, 0.5) is 0 Å². The second-order valence-electron chi connectivity index (χ2n) is 9.44. The summed E-state index contributed by atoms with van der Waals surface area (Å²) in [6.45, 7) is 3.08. The predicted molar refractivity (Wildman–Crippen MR) is 150 cm³/mol. The van der Waals surface area contributed by atoms with E-state index in [-0.39, 0.29) is 19.6 Å². The van der Waals surface area contributed by atoms with E-state index in [0.717, 1.165) is 25.7 Å². The van der Waals surface area contributed by atoms with Gasteiger partial charge in [0.25, 0.3) is 0 Å². The third-order valence-electron chi connectivity index (χ3n) is 4.65. The summed E-state index contributed by atoms with van der Waals surface area (Å²) in [6, 6.07) is 0. The molecule has 1 N–H and O–H groups in total. The van der Waals surface area contributed by atoms with Gasteiger partial charge in [0.05, 0.1) is 34.2 Å². The van der Waals surface area contributed by atoms with Crippen LogP contribution in [0.1, 0.15) is 52.4 Å². The molecule has 0 rings (SSSR count). The fraction of sp³-hybridized carbons (Fsp3) is 0.571. The third-order valence-corrected chi connectivity index (χ3v) is 5.64. The molecule has 0 spiro atoms. The van der Waals surface area contributed by atoms with Gasteiger partial charge in [-0.2, -0.15) is 0 Å². The molecule has 216 valence electrons. The summed E-state index contributed by atoms with van der Waals surface area (Å²) in [6.07, 6.45) is 23.8. The maximum Gasteiger partial charge on any atom is 0.472 e. The fourth-order valence-corrected chi connectivity index (χ4v) is 3.38. The van der Waals surface area contributed by atoms with Gasteiger partial charge in [0.2, 0.25) is 0 Å². The van der Waals surface area contributed by atoms with E-state index in [1.165, 1.54) is 6.92 Å². The van der Waals surface area contributed by atoms with Gasteiger partial charge in [-0.3, -0.25) is 18.6 Å². The summed E-state index contributed by atoms with van der Waals surface area (Å²) >= 11 is 0. The lowest BCUT2D eigenvalue weighted by atomic mass is 10.2. The van der Waals surface area contributed by atoms with Crippen molar-refractivity contribution in [1.82, 2.24) is 0 Å². The van der Waals surface area contributed by atoms with Gasteiger partial charge in [-0.25, -0.2) is 4.57 Å². The molecule has 2 atom stereocenters. The minimum absolute atomic E-state index is 0.000872. The highest BCUT2D eigenvalue weighted by atomic mass is 31.2. The molecule has 0 heterocycles. The van der Waals surface area contributed by atoms with E-state index in [0.29, 0.717) is 17.4 Å². The largest absolute Gasteiger partial charge is 0.472 e. The molecule has 0 aromatic carbocycles. The van der Waals surface area contributed by atoms with Crippen LogP contribution in [0.2, 0.25) is 0 Å². The molecule has 10 heteroatoms. The number of phosphoric acid groups is 1. The highest BCUT2D eigenvalue weighted by Gasteiger charge is 2.26. The van der Waals surface area contributed by atoms with Crippen molar-refractivity contribution < 1.29 is 42.1 Å². The van der Waals surface area contributed by atoms with Crippen LogP contribution in [0.3, 0.4) is 0 Å². The van der Waals surface area contributed by atoms with E-state index >= 15 is 0 Å². The zero-order chi connectivity index (χ0) is 28.7. The number of phosphoric ester groups is 1. The summed E-state index contributed by atoms with van der Waals surface area (Å²) in [5.74, 6) is -1.15. The average molecular weight is 557 g/mol. The van der Waals surface area contributed by atoms with Crippen molar-refractivity contribution in [3.05, 3.63) is 60.8 Å². The number of likely N-dealkylation sites (N-methyl/N-ethyl adjacent to an activating group) is 1. The van der Waals surface area contributed by atoms with Crippen LogP contribution in [-0.4, -0.2) is 74.9 Å². The molecule has 0 radical (unpaired) electrons. The van der Waals surface area contributed by atoms with E-state index in [9.17, 15) is 19.0 Å². The molecule has 0 amide bonds. The molecule has 38 heavy (non-hydrogen) atoms. The minimum Gasteiger partial charge on any atom is -0.462 e. The van der Waals surface area contributed by atoms with E-state index in [1.54, 1.807) is 6.08 Å². The van der Waals surface area contributed by atoms with Crippen LogP contribution < -0.4 is 0 Å². The highest BCUT2D eigenvalue weighted by Crippen LogP contribution is 2.43. The molecule has 2 unspecified atom stereocenters.